The smallest absolute Gasteiger partial charge is 0.317 e. The number of piperidine rings is 1. The van der Waals surface area contributed by atoms with E-state index in [-0.39, 0.29) is 17.7 Å². The van der Waals surface area contributed by atoms with Crippen LogP contribution in [0.2, 0.25) is 5.02 Å². The van der Waals surface area contributed by atoms with Gasteiger partial charge in [0.25, 0.3) is 0 Å². The normalized spacial score (nSPS) is 15.0. The second-order valence-corrected chi connectivity index (χ2v) is 6.72. The molecule has 130 valence electrons. The molecule has 4 nitrogen and oxygen atoms in total. The second-order valence-electron chi connectivity index (χ2n) is 6.28. The van der Waals surface area contributed by atoms with Gasteiger partial charge >= 0.3 is 6.03 Å². The minimum Gasteiger partial charge on any atom is -0.334 e. The monoisotopic (exact) mass is 356 g/mol. The topological polar surface area (TPSA) is 49.4 Å². The molecule has 0 atom stereocenters. The zero-order valence-corrected chi connectivity index (χ0v) is 14.7. The summed E-state index contributed by atoms with van der Waals surface area (Å²) in [6, 6.07) is 16.8. The molecule has 1 fully saturated rings. The molecule has 1 saturated heterocycles. The van der Waals surface area contributed by atoms with Gasteiger partial charge in [-0.3, -0.25) is 4.79 Å². The Kier molecular flexibility index (Phi) is 5.71. The van der Waals surface area contributed by atoms with Crippen molar-refractivity contribution in [2.75, 3.05) is 13.1 Å². The fourth-order valence-corrected chi connectivity index (χ4v) is 3.30. The molecule has 0 radical (unpaired) electrons. The summed E-state index contributed by atoms with van der Waals surface area (Å²) in [6.07, 6.45) is 1.37. The van der Waals surface area contributed by atoms with Gasteiger partial charge in [0, 0.05) is 36.1 Å². The highest BCUT2D eigenvalue weighted by Crippen LogP contribution is 2.23. The number of hydrogen-bond acceptors (Lipinski definition) is 2. The summed E-state index contributed by atoms with van der Waals surface area (Å²) in [6.45, 7) is 1.70. The number of urea groups is 1. The molecule has 0 aliphatic carbocycles. The minimum absolute atomic E-state index is 0.0448. The Bertz CT molecular complexity index is 740. The summed E-state index contributed by atoms with van der Waals surface area (Å²) >= 11 is 5.96. The van der Waals surface area contributed by atoms with Crippen molar-refractivity contribution in [1.82, 2.24) is 10.2 Å². The van der Waals surface area contributed by atoms with Crippen LogP contribution in [0.15, 0.2) is 54.6 Å². The van der Waals surface area contributed by atoms with Gasteiger partial charge in [-0.1, -0.05) is 54.1 Å². The third kappa shape index (κ3) is 4.60. The highest BCUT2D eigenvalue weighted by Gasteiger charge is 2.27. The number of nitrogens with zero attached hydrogens (tertiary/aromatic N) is 1. The standard InChI is InChI=1S/C20H21ClN2O2/c21-18-8-4-7-17(13-18)19(24)16-9-11-23(12-10-16)20(25)22-14-15-5-2-1-3-6-15/h1-8,13,16H,9-12,14H2,(H,22,25). The number of ketones is 1. The van der Waals surface area contributed by atoms with Crippen molar-refractivity contribution in [2.45, 2.75) is 19.4 Å². The first-order chi connectivity index (χ1) is 12.1. The van der Waals surface area contributed by atoms with Crippen LogP contribution in [0.5, 0.6) is 0 Å². The summed E-state index contributed by atoms with van der Waals surface area (Å²) in [5.41, 5.74) is 1.72. The molecule has 0 aromatic heterocycles. The third-order valence-corrected chi connectivity index (χ3v) is 4.78. The van der Waals surface area contributed by atoms with Crippen molar-refractivity contribution in [2.24, 2.45) is 5.92 Å². The molecule has 0 bridgehead atoms. The Hall–Kier alpha value is -2.33. The Morgan fingerprint density at radius 1 is 1.04 bits per heavy atom. The van der Waals surface area contributed by atoms with E-state index >= 15 is 0 Å². The molecule has 3 rings (SSSR count). The molecule has 2 aromatic carbocycles. The first kappa shape index (κ1) is 17.5. The Morgan fingerprint density at radius 2 is 1.76 bits per heavy atom. The average Bonchev–Trinajstić information content (AvgIpc) is 2.66. The van der Waals surface area contributed by atoms with Gasteiger partial charge in [-0.2, -0.15) is 0 Å². The van der Waals surface area contributed by atoms with E-state index < -0.39 is 0 Å². The van der Waals surface area contributed by atoms with Crippen LogP contribution in [-0.4, -0.2) is 29.8 Å². The van der Waals surface area contributed by atoms with Crippen LogP contribution >= 0.6 is 11.6 Å². The van der Waals surface area contributed by atoms with Gasteiger partial charge in [0.1, 0.15) is 0 Å². The van der Waals surface area contributed by atoms with Crippen LogP contribution in [0.3, 0.4) is 0 Å². The maximum atomic E-state index is 12.6. The number of nitrogens with one attached hydrogen (secondary N) is 1. The number of halogens is 1. The average molecular weight is 357 g/mol. The summed E-state index contributed by atoms with van der Waals surface area (Å²) in [5, 5.41) is 3.51. The predicted molar refractivity (Wildman–Crippen MR) is 98.8 cm³/mol. The van der Waals surface area contributed by atoms with E-state index in [9.17, 15) is 9.59 Å². The van der Waals surface area contributed by atoms with Gasteiger partial charge in [0.2, 0.25) is 0 Å². The second kappa shape index (κ2) is 8.17. The maximum Gasteiger partial charge on any atom is 0.317 e. The van der Waals surface area contributed by atoms with Crippen molar-refractivity contribution < 1.29 is 9.59 Å². The van der Waals surface area contributed by atoms with E-state index in [1.54, 1.807) is 29.2 Å². The van der Waals surface area contributed by atoms with Crippen LogP contribution in [0.25, 0.3) is 0 Å². The van der Waals surface area contributed by atoms with Crippen LogP contribution in [-0.2, 0) is 6.54 Å². The van der Waals surface area contributed by atoms with E-state index in [0.717, 1.165) is 5.56 Å². The van der Waals surface area contributed by atoms with Gasteiger partial charge in [0.05, 0.1) is 0 Å². The first-order valence-corrected chi connectivity index (χ1v) is 8.88. The summed E-state index contributed by atoms with van der Waals surface area (Å²) in [5.74, 6) is 0.0727. The fraction of sp³-hybridized carbons (Fsp3) is 0.300. The summed E-state index contributed by atoms with van der Waals surface area (Å²) in [4.78, 5) is 26.6. The zero-order valence-electron chi connectivity index (χ0n) is 14.0. The minimum atomic E-state index is -0.0718. The lowest BCUT2D eigenvalue weighted by Gasteiger charge is -2.31. The first-order valence-electron chi connectivity index (χ1n) is 8.50. The fourth-order valence-electron chi connectivity index (χ4n) is 3.11. The number of amides is 2. The highest BCUT2D eigenvalue weighted by molar-refractivity contribution is 6.31. The van der Waals surface area contributed by atoms with E-state index in [1.807, 2.05) is 30.3 Å². The molecule has 1 aliphatic heterocycles. The molecule has 2 aromatic rings. The lowest BCUT2D eigenvalue weighted by atomic mass is 9.89. The molecular formula is C20H21ClN2O2. The van der Waals surface area contributed by atoms with Crippen molar-refractivity contribution in [3.05, 3.63) is 70.7 Å². The van der Waals surface area contributed by atoms with E-state index in [1.165, 1.54) is 0 Å². The van der Waals surface area contributed by atoms with Crippen molar-refractivity contribution >= 4 is 23.4 Å². The number of hydrogen-bond donors (Lipinski definition) is 1. The van der Waals surface area contributed by atoms with Crippen LogP contribution in [0.4, 0.5) is 4.79 Å². The van der Waals surface area contributed by atoms with Gasteiger partial charge in [-0.15, -0.1) is 0 Å². The summed E-state index contributed by atoms with van der Waals surface area (Å²) < 4.78 is 0. The molecule has 2 amide bonds. The molecule has 5 heteroatoms. The molecule has 0 spiro atoms. The van der Waals surface area contributed by atoms with Crippen molar-refractivity contribution in [3.63, 3.8) is 0 Å². The third-order valence-electron chi connectivity index (χ3n) is 4.55. The largest absolute Gasteiger partial charge is 0.334 e. The Labute approximate surface area is 152 Å². The van der Waals surface area contributed by atoms with Gasteiger partial charge < -0.3 is 10.2 Å². The number of carbonyl (C=O) groups is 2. The number of carbonyl (C=O) groups excluding carboxylic acids is 2. The maximum absolute atomic E-state index is 12.6. The number of likely N-dealkylation sites (tertiary alicyclic amines) is 1. The zero-order chi connectivity index (χ0) is 17.6. The van der Waals surface area contributed by atoms with Crippen LogP contribution in [0, 0.1) is 5.92 Å². The van der Waals surface area contributed by atoms with Crippen LogP contribution < -0.4 is 5.32 Å². The molecule has 1 heterocycles. The van der Waals surface area contributed by atoms with Crippen LogP contribution in [0.1, 0.15) is 28.8 Å². The predicted octanol–water partition coefficient (Wildman–Crippen LogP) is 4.14. The van der Waals surface area contributed by atoms with Gasteiger partial charge in [0.15, 0.2) is 5.78 Å². The van der Waals surface area contributed by atoms with Crippen molar-refractivity contribution in [3.8, 4) is 0 Å². The molecule has 0 unspecified atom stereocenters. The molecule has 1 aliphatic rings. The molecule has 1 N–H and O–H groups in total. The lowest BCUT2D eigenvalue weighted by molar-refractivity contribution is 0.0854. The Balaban J connectivity index is 1.49. The number of Topliss-reactive ketones (excluding diaryl/α,β-unsaturated/α-hetero) is 1. The highest BCUT2D eigenvalue weighted by atomic mass is 35.5. The van der Waals surface area contributed by atoms with E-state index in [2.05, 4.69) is 5.32 Å². The lowest BCUT2D eigenvalue weighted by Crippen LogP contribution is -2.45. The molecule has 25 heavy (non-hydrogen) atoms. The van der Waals surface area contributed by atoms with Gasteiger partial charge in [-0.25, -0.2) is 4.79 Å². The number of rotatable bonds is 4. The Morgan fingerprint density at radius 3 is 2.44 bits per heavy atom. The van der Waals surface area contributed by atoms with Crippen molar-refractivity contribution in [1.29, 1.82) is 0 Å². The van der Waals surface area contributed by atoms with E-state index in [4.69, 9.17) is 11.6 Å². The SMILES string of the molecule is O=C(c1cccc(Cl)c1)C1CCN(C(=O)NCc2ccccc2)CC1. The molecule has 0 saturated carbocycles. The van der Waals surface area contributed by atoms with Gasteiger partial charge in [-0.05, 0) is 30.5 Å². The van der Waals surface area contributed by atoms with E-state index in [0.29, 0.717) is 43.1 Å². The number of benzene rings is 2. The molecular weight excluding hydrogens is 336 g/mol. The summed E-state index contributed by atoms with van der Waals surface area (Å²) in [7, 11) is 0. The quantitative estimate of drug-likeness (QED) is 0.837.